The Balaban J connectivity index is 1.45. The number of hydrogen-bond acceptors (Lipinski definition) is 13. The number of carbonyl (C=O) groups is 1. The number of phosphoric ester groups is 1. The van der Waals surface area contributed by atoms with Gasteiger partial charge in [0.2, 0.25) is 5.95 Å². The fraction of sp³-hybridized carbons (Fsp3) is 0.600. The minimum absolute atomic E-state index is 0.00540. The van der Waals surface area contributed by atoms with E-state index >= 15 is 0 Å². The number of ether oxygens (including phenoxy) is 1. The Labute approximate surface area is 173 Å². The van der Waals surface area contributed by atoms with Crippen LogP contribution in [-0.2, 0) is 23.2 Å². The highest BCUT2D eigenvalue weighted by Gasteiger charge is 2.45. The van der Waals surface area contributed by atoms with E-state index in [1.54, 1.807) is 0 Å². The predicted molar refractivity (Wildman–Crippen MR) is 98.9 cm³/mol. The van der Waals surface area contributed by atoms with Crippen LogP contribution >= 0.6 is 7.82 Å². The number of anilines is 1. The van der Waals surface area contributed by atoms with E-state index in [2.05, 4.69) is 15.0 Å². The number of aromatic nitrogens is 4. The number of nitrogens with zero attached hydrogens (tertiary/aromatic N) is 4. The van der Waals surface area contributed by atoms with Crippen molar-refractivity contribution in [3.63, 3.8) is 0 Å². The number of aldehydes is 1. The van der Waals surface area contributed by atoms with Gasteiger partial charge in [0.15, 0.2) is 17.4 Å². The van der Waals surface area contributed by atoms with Crippen molar-refractivity contribution in [1.29, 1.82) is 0 Å². The summed E-state index contributed by atoms with van der Waals surface area (Å²) in [4.78, 5) is 45.1. The summed E-state index contributed by atoms with van der Waals surface area (Å²) >= 11 is 0. The molecular weight excluding hydrogens is 439 g/mol. The molecule has 2 saturated heterocycles. The van der Waals surface area contributed by atoms with Crippen LogP contribution in [0.4, 0.5) is 5.95 Å². The fourth-order valence-electron chi connectivity index (χ4n) is 3.55. The Morgan fingerprint density at radius 3 is 2.97 bits per heavy atom. The number of aromatic amines is 1. The largest absolute Gasteiger partial charge is 0.755 e. The molecule has 2 aliphatic rings. The summed E-state index contributed by atoms with van der Waals surface area (Å²) in [5.41, 5.74) is 4.88. The molecular formula is C15H20N6O9P-. The molecule has 0 radical (unpaired) electrons. The third kappa shape index (κ3) is 4.26. The molecule has 170 valence electrons. The maximum Gasteiger partial charge on any atom is 0.284 e. The first-order valence-corrected chi connectivity index (χ1v) is 10.8. The van der Waals surface area contributed by atoms with Crippen LogP contribution in [0.5, 0.6) is 0 Å². The molecule has 15 nitrogen and oxygen atoms in total. The molecule has 2 aromatic rings. The Morgan fingerprint density at radius 2 is 2.23 bits per heavy atom. The highest BCUT2D eigenvalue weighted by molar-refractivity contribution is 7.45. The number of carbonyl (C=O) groups excluding carboxylic acids is 1. The van der Waals surface area contributed by atoms with Crippen LogP contribution in [0.25, 0.3) is 11.2 Å². The number of hydrogen-bond donors (Lipinski definition) is 4. The van der Waals surface area contributed by atoms with E-state index in [-0.39, 0.29) is 23.7 Å². The Bertz CT molecular complexity index is 1070. The van der Waals surface area contributed by atoms with Crippen LogP contribution < -0.4 is 16.2 Å². The van der Waals surface area contributed by atoms with Gasteiger partial charge in [0.05, 0.1) is 19.0 Å². The number of aliphatic hydroxyl groups is 2. The molecule has 0 bridgehead atoms. The molecule has 4 rings (SSSR count). The number of hydroxylamine groups is 2. The van der Waals surface area contributed by atoms with Gasteiger partial charge < -0.3 is 34.9 Å². The van der Waals surface area contributed by atoms with Gasteiger partial charge in [0.1, 0.15) is 24.6 Å². The van der Waals surface area contributed by atoms with Crippen LogP contribution in [0.15, 0.2) is 11.1 Å². The van der Waals surface area contributed by atoms with E-state index in [1.165, 1.54) is 10.9 Å². The van der Waals surface area contributed by atoms with Crippen molar-refractivity contribution in [2.24, 2.45) is 0 Å². The molecule has 2 aromatic heterocycles. The molecule has 0 saturated carbocycles. The van der Waals surface area contributed by atoms with E-state index in [9.17, 15) is 29.3 Å². The first kappa shape index (κ1) is 22.0. The lowest BCUT2D eigenvalue weighted by atomic mass is 10.1. The van der Waals surface area contributed by atoms with Gasteiger partial charge in [-0.2, -0.15) is 10.0 Å². The van der Waals surface area contributed by atoms with Crippen LogP contribution in [-0.4, -0.2) is 78.6 Å². The summed E-state index contributed by atoms with van der Waals surface area (Å²) in [6.45, 7) is -0.427. The smallest absolute Gasteiger partial charge is 0.284 e. The Hall–Kier alpha value is -2.23. The maximum atomic E-state index is 12.1. The first-order valence-electron chi connectivity index (χ1n) is 9.31. The lowest BCUT2D eigenvalue weighted by molar-refractivity contribution is -0.258. The second kappa shape index (κ2) is 8.37. The molecule has 0 spiro atoms. The molecule has 0 aliphatic carbocycles. The number of nitrogens with one attached hydrogen (secondary N) is 1. The van der Waals surface area contributed by atoms with E-state index in [1.807, 2.05) is 0 Å². The number of imidazole rings is 1. The van der Waals surface area contributed by atoms with Crippen molar-refractivity contribution < 1.29 is 38.4 Å². The molecule has 0 amide bonds. The molecule has 2 aliphatic heterocycles. The van der Waals surface area contributed by atoms with Gasteiger partial charge in [-0.25, -0.2) is 9.61 Å². The van der Waals surface area contributed by atoms with Crippen molar-refractivity contribution in [3.8, 4) is 0 Å². The average Bonchev–Trinajstić information content (AvgIpc) is 3.39. The topological polar surface area (TPSA) is 218 Å². The maximum absolute atomic E-state index is 12.1. The molecule has 4 heterocycles. The second-order valence-electron chi connectivity index (χ2n) is 7.13. The molecule has 31 heavy (non-hydrogen) atoms. The summed E-state index contributed by atoms with van der Waals surface area (Å²) in [7, 11) is -4.87. The molecule has 2 unspecified atom stereocenters. The van der Waals surface area contributed by atoms with Gasteiger partial charge in [-0.05, 0) is 12.8 Å². The zero-order valence-corrected chi connectivity index (χ0v) is 16.8. The van der Waals surface area contributed by atoms with Gasteiger partial charge in [0.25, 0.3) is 13.4 Å². The van der Waals surface area contributed by atoms with E-state index in [0.29, 0.717) is 19.1 Å². The highest BCUT2D eigenvalue weighted by atomic mass is 31.2. The fourth-order valence-corrected chi connectivity index (χ4v) is 4.38. The van der Waals surface area contributed by atoms with Gasteiger partial charge in [-0.1, -0.05) is 0 Å². The zero-order valence-electron chi connectivity index (χ0n) is 15.9. The van der Waals surface area contributed by atoms with Gasteiger partial charge in [0, 0.05) is 6.54 Å². The van der Waals surface area contributed by atoms with Crippen LogP contribution in [0.2, 0.25) is 0 Å². The number of phosphoric acid groups is 1. The summed E-state index contributed by atoms with van der Waals surface area (Å²) in [6, 6.07) is -0.692. The minimum Gasteiger partial charge on any atom is -0.755 e. The van der Waals surface area contributed by atoms with E-state index < -0.39 is 50.6 Å². The summed E-state index contributed by atoms with van der Waals surface area (Å²) < 4.78 is 28.4. The highest BCUT2D eigenvalue weighted by Crippen LogP contribution is 2.43. The Morgan fingerprint density at radius 1 is 1.45 bits per heavy atom. The third-order valence-electron chi connectivity index (χ3n) is 5.07. The first-order chi connectivity index (χ1) is 14.7. The van der Waals surface area contributed by atoms with E-state index in [4.69, 9.17) is 19.6 Å². The number of nitrogens with two attached hydrogens (primary N) is 1. The van der Waals surface area contributed by atoms with E-state index in [0.717, 1.165) is 5.06 Å². The minimum atomic E-state index is -4.87. The molecule has 0 aromatic carbocycles. The number of nitrogen functional groups attached to an aromatic ring is 1. The van der Waals surface area contributed by atoms with Crippen LogP contribution in [0.3, 0.4) is 0 Å². The third-order valence-corrected chi connectivity index (χ3v) is 5.94. The summed E-state index contributed by atoms with van der Waals surface area (Å²) in [5.74, 6) is -0.188. The summed E-state index contributed by atoms with van der Waals surface area (Å²) in [6.07, 6.45) is -2.75. The monoisotopic (exact) mass is 459 g/mol. The van der Waals surface area contributed by atoms with Gasteiger partial charge in [-0.3, -0.25) is 18.9 Å². The second-order valence-corrected chi connectivity index (χ2v) is 8.45. The lowest BCUT2D eigenvalue weighted by Gasteiger charge is -2.30. The number of rotatable bonds is 7. The number of H-pyrrole nitrogens is 1. The van der Waals surface area contributed by atoms with Gasteiger partial charge in [-0.15, -0.1) is 0 Å². The standard InChI is InChI=1S/C15H21N6O9P/c16-15-18-12-9(13(25)19-15)17-6-20(12)14-11(24)10(23)8(29-14)5-28-31(26,27)30-21-3-1-2-7(21)4-22/h4,6-8,10-11,14,23-24H,1-3,5H2,(H,26,27)(H3,16,18,19,25)/p-1/t7-,8+,10-,11?,14+/m0/s1. The van der Waals surface area contributed by atoms with Crippen molar-refractivity contribution in [3.05, 3.63) is 16.7 Å². The zero-order chi connectivity index (χ0) is 22.3. The van der Waals surface area contributed by atoms with Crippen molar-refractivity contribution in [2.75, 3.05) is 18.9 Å². The predicted octanol–water partition coefficient (Wildman–Crippen LogP) is -2.60. The van der Waals surface area contributed by atoms with Crippen molar-refractivity contribution >= 4 is 31.2 Å². The molecule has 6 atom stereocenters. The lowest BCUT2D eigenvalue weighted by Crippen LogP contribution is -2.35. The number of fused-ring (bicyclic) bond motifs is 1. The number of aliphatic hydroxyl groups excluding tert-OH is 2. The SMILES string of the molecule is Nc1nc2c(ncn2[C@@H]2O[C@H](COP(=O)([O-])ON3CCC[C@H]3C=O)[C@H](O)C2O)c(=O)[nH]1. The summed E-state index contributed by atoms with van der Waals surface area (Å²) in [5, 5.41) is 21.7. The quantitative estimate of drug-likeness (QED) is 0.247. The molecule has 16 heteroatoms. The van der Waals surface area contributed by atoms with Crippen molar-refractivity contribution in [1.82, 2.24) is 24.6 Å². The van der Waals surface area contributed by atoms with Crippen LogP contribution in [0, 0.1) is 0 Å². The normalized spacial score (nSPS) is 31.3. The average molecular weight is 459 g/mol. The molecule has 2 fully saturated rings. The Kier molecular flexibility index (Phi) is 5.93. The van der Waals surface area contributed by atoms with Gasteiger partial charge >= 0.3 is 0 Å². The molecule has 5 N–H and O–H groups in total. The van der Waals surface area contributed by atoms with Crippen LogP contribution in [0.1, 0.15) is 19.1 Å². The van der Waals surface area contributed by atoms with Crippen molar-refractivity contribution in [2.45, 2.75) is 43.4 Å².